The molecule has 1 aliphatic heterocycles. The van der Waals surface area contributed by atoms with E-state index in [4.69, 9.17) is 4.74 Å². The minimum atomic E-state index is -0.545. The van der Waals surface area contributed by atoms with Gasteiger partial charge in [0.2, 0.25) is 0 Å². The van der Waals surface area contributed by atoms with E-state index < -0.39 is 6.10 Å². The van der Waals surface area contributed by atoms with Crippen molar-refractivity contribution >= 4 is 10.9 Å². The molecule has 31 heavy (non-hydrogen) atoms. The molecule has 2 N–H and O–H groups in total. The maximum atomic E-state index is 10.7. The highest BCUT2D eigenvalue weighted by Gasteiger charge is 2.41. The summed E-state index contributed by atoms with van der Waals surface area (Å²) in [5.41, 5.74) is 3.68. The predicted molar refractivity (Wildman–Crippen MR) is 125 cm³/mol. The van der Waals surface area contributed by atoms with Crippen LogP contribution in [0.5, 0.6) is 5.75 Å². The van der Waals surface area contributed by atoms with Gasteiger partial charge in [0.1, 0.15) is 18.5 Å². The quantitative estimate of drug-likeness (QED) is 0.466. The minimum Gasteiger partial charge on any atom is -0.490 e. The maximum Gasteiger partial charge on any atom is 0.128 e. The molecule has 0 amide bonds. The molecule has 0 spiro atoms. The smallest absolute Gasteiger partial charge is 0.128 e. The number of aromatic nitrogens is 1. The van der Waals surface area contributed by atoms with Crippen LogP contribution in [0, 0.1) is 0 Å². The number of ether oxygens (including phenoxy) is 1. The average Bonchev–Trinajstić information content (AvgIpc) is 3.47. The fourth-order valence-electron chi connectivity index (χ4n) is 4.92. The Morgan fingerprint density at radius 3 is 2.32 bits per heavy atom. The molecule has 0 aliphatic carbocycles. The fraction of sp³-hybridized carbons (Fsp3) is 0.259. The lowest BCUT2D eigenvalue weighted by molar-refractivity contribution is 0.0751. The Hall–Kier alpha value is -3.08. The van der Waals surface area contributed by atoms with Crippen molar-refractivity contribution in [3.8, 4) is 5.75 Å². The minimum absolute atomic E-state index is 0.0419. The Bertz CT molecular complexity index is 1080. The third kappa shape index (κ3) is 3.97. The second kappa shape index (κ2) is 8.58. The maximum absolute atomic E-state index is 10.7. The molecule has 158 valence electrons. The number of rotatable bonds is 7. The third-order valence-electron chi connectivity index (χ3n) is 6.46. The molecule has 4 aromatic rings. The second-order valence-electron chi connectivity index (χ2n) is 8.46. The molecule has 1 atom stereocenters. The van der Waals surface area contributed by atoms with Crippen LogP contribution in [-0.2, 0) is 5.41 Å². The summed E-state index contributed by atoms with van der Waals surface area (Å²) in [5, 5.41) is 11.8. The number of hydrogen-bond donors (Lipinski definition) is 2. The highest BCUT2D eigenvalue weighted by molar-refractivity contribution is 5.85. The molecular formula is C27H28N2O2. The summed E-state index contributed by atoms with van der Waals surface area (Å²) in [6.07, 6.45) is 2.40. The number of nitrogens with zero attached hydrogens (tertiary/aromatic N) is 1. The van der Waals surface area contributed by atoms with E-state index >= 15 is 0 Å². The molecule has 3 aromatic carbocycles. The highest BCUT2D eigenvalue weighted by Crippen LogP contribution is 2.40. The zero-order chi connectivity index (χ0) is 21.1. The molecule has 1 aromatic heterocycles. The van der Waals surface area contributed by atoms with E-state index in [1.807, 2.05) is 30.5 Å². The van der Waals surface area contributed by atoms with Crippen LogP contribution in [-0.4, -0.2) is 47.3 Å². The largest absolute Gasteiger partial charge is 0.490 e. The van der Waals surface area contributed by atoms with Gasteiger partial charge in [-0.2, -0.15) is 0 Å². The molecule has 0 unspecified atom stereocenters. The number of fused-ring (bicyclic) bond motifs is 1. The summed E-state index contributed by atoms with van der Waals surface area (Å²) < 4.78 is 5.97. The number of nitrogens with one attached hydrogen (secondary N) is 1. The van der Waals surface area contributed by atoms with Crippen molar-refractivity contribution in [1.82, 2.24) is 9.88 Å². The van der Waals surface area contributed by atoms with Crippen molar-refractivity contribution in [2.45, 2.75) is 17.9 Å². The number of likely N-dealkylation sites (tertiary alicyclic amines) is 1. The topological polar surface area (TPSA) is 48.5 Å². The van der Waals surface area contributed by atoms with Crippen LogP contribution in [0.1, 0.15) is 17.5 Å². The van der Waals surface area contributed by atoms with Crippen LogP contribution in [0.4, 0.5) is 0 Å². The van der Waals surface area contributed by atoms with Crippen LogP contribution in [0.3, 0.4) is 0 Å². The number of aliphatic hydroxyl groups excluding tert-OH is 1. The summed E-state index contributed by atoms with van der Waals surface area (Å²) in [6, 6.07) is 29.5. The van der Waals surface area contributed by atoms with Crippen molar-refractivity contribution in [2.75, 3.05) is 26.2 Å². The average molecular weight is 413 g/mol. The van der Waals surface area contributed by atoms with E-state index in [2.05, 4.69) is 70.5 Å². The SMILES string of the molecule is O[C@H](COc1cccc2[nH]ccc12)CN1CCC(c2ccccc2)(c2ccccc2)C1. The zero-order valence-electron chi connectivity index (χ0n) is 17.6. The molecule has 0 radical (unpaired) electrons. The number of H-pyrrole nitrogens is 1. The lowest BCUT2D eigenvalue weighted by Gasteiger charge is -2.31. The molecule has 0 bridgehead atoms. The van der Waals surface area contributed by atoms with E-state index in [-0.39, 0.29) is 12.0 Å². The number of hydrogen-bond acceptors (Lipinski definition) is 3. The molecule has 5 rings (SSSR count). The summed E-state index contributed by atoms with van der Waals surface area (Å²) in [4.78, 5) is 5.56. The predicted octanol–water partition coefficient (Wildman–Crippen LogP) is 4.60. The van der Waals surface area contributed by atoms with Crippen molar-refractivity contribution in [3.63, 3.8) is 0 Å². The van der Waals surface area contributed by atoms with Gasteiger partial charge in [0.25, 0.3) is 0 Å². The fourth-order valence-corrected chi connectivity index (χ4v) is 4.92. The lowest BCUT2D eigenvalue weighted by atomic mass is 9.74. The van der Waals surface area contributed by atoms with Gasteiger partial charge in [0.15, 0.2) is 0 Å². The van der Waals surface area contributed by atoms with Gasteiger partial charge in [-0.3, -0.25) is 4.90 Å². The van der Waals surface area contributed by atoms with Crippen molar-refractivity contribution in [3.05, 3.63) is 102 Å². The molecule has 1 saturated heterocycles. The summed E-state index contributed by atoms with van der Waals surface area (Å²) in [5.74, 6) is 0.808. The molecule has 1 aliphatic rings. The van der Waals surface area contributed by atoms with Crippen LogP contribution >= 0.6 is 0 Å². The van der Waals surface area contributed by atoms with Gasteiger partial charge >= 0.3 is 0 Å². The lowest BCUT2D eigenvalue weighted by Crippen LogP contribution is -2.37. The first-order valence-electron chi connectivity index (χ1n) is 10.9. The molecule has 0 saturated carbocycles. The monoisotopic (exact) mass is 412 g/mol. The Labute approximate surface area is 183 Å². The van der Waals surface area contributed by atoms with E-state index in [9.17, 15) is 5.11 Å². The molecule has 2 heterocycles. The van der Waals surface area contributed by atoms with Crippen molar-refractivity contribution < 1.29 is 9.84 Å². The van der Waals surface area contributed by atoms with Crippen molar-refractivity contribution in [1.29, 1.82) is 0 Å². The van der Waals surface area contributed by atoms with Crippen LogP contribution in [0.2, 0.25) is 0 Å². The first kappa shape index (κ1) is 19.9. The van der Waals surface area contributed by atoms with Crippen LogP contribution < -0.4 is 4.74 Å². The molecular weight excluding hydrogens is 384 g/mol. The molecule has 4 heteroatoms. The van der Waals surface area contributed by atoms with Gasteiger partial charge < -0.3 is 14.8 Å². The highest BCUT2D eigenvalue weighted by atomic mass is 16.5. The van der Waals surface area contributed by atoms with Gasteiger partial charge in [0, 0.05) is 35.6 Å². The number of aliphatic hydroxyl groups is 1. The zero-order valence-corrected chi connectivity index (χ0v) is 17.6. The number of benzene rings is 3. The van der Waals surface area contributed by atoms with E-state index in [0.29, 0.717) is 6.54 Å². The number of β-amino-alcohol motifs (C(OH)–C–C–N with tert-alkyl or cyclic N) is 1. The van der Waals surface area contributed by atoms with Crippen LogP contribution in [0.25, 0.3) is 10.9 Å². The standard InChI is InChI=1S/C27H28N2O2/c30-23(19-31-26-13-7-12-25-24(26)14-16-28-25)18-29-17-15-27(20-29,21-8-3-1-4-9-21)22-10-5-2-6-11-22/h1-14,16,23,28,30H,15,17-20H2/t23-/m0/s1. The van der Waals surface area contributed by atoms with Gasteiger partial charge in [-0.25, -0.2) is 0 Å². The Balaban J connectivity index is 1.28. The first-order valence-corrected chi connectivity index (χ1v) is 10.9. The van der Waals surface area contributed by atoms with E-state index in [0.717, 1.165) is 36.2 Å². The van der Waals surface area contributed by atoms with E-state index in [1.54, 1.807) is 0 Å². The van der Waals surface area contributed by atoms with Gasteiger partial charge in [-0.1, -0.05) is 66.7 Å². The molecule has 1 fully saturated rings. The summed E-state index contributed by atoms with van der Waals surface area (Å²) in [7, 11) is 0. The first-order chi connectivity index (χ1) is 15.2. The Morgan fingerprint density at radius 2 is 1.61 bits per heavy atom. The summed E-state index contributed by atoms with van der Waals surface area (Å²) in [6.45, 7) is 2.73. The summed E-state index contributed by atoms with van der Waals surface area (Å²) >= 11 is 0. The van der Waals surface area contributed by atoms with Crippen molar-refractivity contribution in [2.24, 2.45) is 0 Å². The second-order valence-corrected chi connectivity index (χ2v) is 8.46. The number of aromatic amines is 1. The van der Waals surface area contributed by atoms with Gasteiger partial charge in [0.05, 0.1) is 0 Å². The Morgan fingerprint density at radius 1 is 0.903 bits per heavy atom. The Kier molecular flexibility index (Phi) is 5.49. The molecule has 4 nitrogen and oxygen atoms in total. The van der Waals surface area contributed by atoms with E-state index in [1.165, 1.54) is 11.1 Å². The van der Waals surface area contributed by atoms with Crippen LogP contribution in [0.15, 0.2) is 91.1 Å². The van der Waals surface area contributed by atoms with Gasteiger partial charge in [-0.05, 0) is 42.3 Å². The van der Waals surface area contributed by atoms with Gasteiger partial charge in [-0.15, -0.1) is 0 Å². The third-order valence-corrected chi connectivity index (χ3v) is 6.46. The normalized spacial score (nSPS) is 17.1.